The molecule has 0 spiro atoms. The van der Waals surface area contributed by atoms with Gasteiger partial charge in [-0.2, -0.15) is 0 Å². The number of aliphatic hydroxyl groups is 16. The molecule has 5 aliphatic heterocycles. The standard InChI is InChI=1S/C74H134N4O32/c1-4-6-8-10-12-14-16-18-19-21-23-25-27-29-31-33-52(89)78-43(44(84)32-30-28-26-24-22-20-17-15-13-11-9-7-5-2)40-101-69-61(95)60(94)63(50(38-81)104-69)106-70-62(96)67(64(51(39-82)105-70)107-68-55(77-42(3)83)59(93)58(92)49(37-80)103-68)110-74(72(99)100)35-46(86)54(76)66(109-74)57(91)48(88)41-102-73(71(97)98)34-45(85)53(75)65(108-73)56(90)47(87)36-79/h30,32,43-51,53-70,79-82,84-88,90-96H,4-29,31,33-41,75-76H2,1-3H3,(H,77,83)(H,78,89)(H,97,98)(H,99,100)/b32-30+/t43?,44?,45-,46-,47?,48?,49-,50+,51-,53+,54-,55+,56?,57?,58+,59-,60+,61-,62-,63-,64-,65+,66+,67-,68+,69-,70+,73-,74+/m1/s1. The van der Waals surface area contributed by atoms with Crippen LogP contribution in [0, 0.1) is 0 Å². The summed E-state index contributed by atoms with van der Waals surface area (Å²) in [4.78, 5) is 52.8. The minimum absolute atomic E-state index is 0.130. The van der Waals surface area contributed by atoms with E-state index in [-0.39, 0.29) is 12.3 Å². The molecular formula is C74H134N4O32. The third-order valence-electron chi connectivity index (χ3n) is 21.3. The minimum atomic E-state index is -3.43. The van der Waals surface area contributed by atoms with E-state index in [1.165, 1.54) is 109 Å². The van der Waals surface area contributed by atoms with E-state index in [2.05, 4.69) is 24.5 Å². The third-order valence-corrected chi connectivity index (χ3v) is 21.3. The van der Waals surface area contributed by atoms with E-state index >= 15 is 0 Å². The van der Waals surface area contributed by atoms with Crippen molar-refractivity contribution in [3.63, 3.8) is 0 Å². The number of carbonyl (C=O) groups is 4. The summed E-state index contributed by atoms with van der Waals surface area (Å²) >= 11 is 0. The SMILES string of the molecule is CCCCCCCCCCCCC/C=C/C(O)C(CO[C@@H]1O[C@@H](CO)[C@@H](O[C@@H]2O[C@H](CO)[C@@H](O[C@@H]3O[C@H](CO)[C@H](O)[C@H](O)[C@@H]3NC(C)=O)[C@H](O[C@]3(C(=O)O)C[C@@H](O)[C@@H](N)[C@@H](C(O)C(O)CO[C@]4(C(=O)O)C[C@@H](O)[C@H](N)[C@@H](C(O)C(O)CO)O4)O3)[C@H]2O)[C@@H](O)[C@H]1O)NC(=O)CCCCCCCCCCCCCCCCC. The Morgan fingerprint density at radius 2 is 0.955 bits per heavy atom. The summed E-state index contributed by atoms with van der Waals surface area (Å²) in [5.74, 6) is -11.9. The van der Waals surface area contributed by atoms with E-state index in [0.29, 0.717) is 12.8 Å². The van der Waals surface area contributed by atoms with Gasteiger partial charge in [-0.3, -0.25) is 9.59 Å². The van der Waals surface area contributed by atoms with Crippen LogP contribution in [-0.2, 0) is 66.5 Å². The van der Waals surface area contributed by atoms with Crippen LogP contribution in [0.3, 0.4) is 0 Å². The van der Waals surface area contributed by atoms with Crippen molar-refractivity contribution >= 4 is 23.8 Å². The molecule has 0 aromatic rings. The maximum Gasteiger partial charge on any atom is 0.364 e. The summed E-state index contributed by atoms with van der Waals surface area (Å²) in [5, 5.41) is 205. The lowest BCUT2D eigenvalue weighted by atomic mass is 9.88. The molecule has 0 saturated carbocycles. The van der Waals surface area contributed by atoms with Crippen LogP contribution >= 0.6 is 0 Å². The summed E-state index contributed by atoms with van der Waals surface area (Å²) in [7, 11) is 0. The summed E-state index contributed by atoms with van der Waals surface area (Å²) in [5.41, 5.74) is 12.2. The number of hydrogen-bond acceptors (Lipinski definition) is 32. The van der Waals surface area contributed by atoms with Crippen LogP contribution in [0.2, 0.25) is 0 Å². The van der Waals surface area contributed by atoms with Gasteiger partial charge in [-0.25, -0.2) is 9.59 Å². The highest BCUT2D eigenvalue weighted by molar-refractivity contribution is 5.77. The number of rotatable bonds is 54. The molecule has 6 unspecified atom stereocenters. The van der Waals surface area contributed by atoms with Crippen LogP contribution < -0.4 is 22.1 Å². The Bertz CT molecular complexity index is 2620. The molecule has 29 atom stereocenters. The molecule has 36 heteroatoms. The number of carboxylic acids is 2. The zero-order valence-electron chi connectivity index (χ0n) is 64.1. The van der Waals surface area contributed by atoms with Gasteiger partial charge >= 0.3 is 11.9 Å². The van der Waals surface area contributed by atoms with Crippen LogP contribution in [0.5, 0.6) is 0 Å². The molecule has 0 bridgehead atoms. The van der Waals surface area contributed by atoms with Crippen molar-refractivity contribution in [1.29, 1.82) is 0 Å². The second-order valence-electron chi connectivity index (χ2n) is 30.2. The minimum Gasteiger partial charge on any atom is -0.477 e. The Kier molecular flexibility index (Phi) is 44.3. The zero-order valence-corrected chi connectivity index (χ0v) is 64.1. The first-order valence-electron chi connectivity index (χ1n) is 39.9. The first-order valence-corrected chi connectivity index (χ1v) is 39.9. The molecule has 5 rings (SSSR count). The summed E-state index contributed by atoms with van der Waals surface area (Å²) in [6.07, 6.45) is -16.4. The van der Waals surface area contributed by atoms with E-state index in [9.17, 15) is 111 Å². The fourth-order valence-electron chi connectivity index (χ4n) is 14.6. The van der Waals surface area contributed by atoms with Crippen LogP contribution in [0.1, 0.15) is 213 Å². The first-order chi connectivity index (χ1) is 52.5. The molecular weight excluding hydrogens is 1460 g/mol. The number of nitrogens with one attached hydrogen (secondary N) is 2. The smallest absolute Gasteiger partial charge is 0.364 e. The van der Waals surface area contributed by atoms with Crippen molar-refractivity contribution in [2.45, 2.75) is 390 Å². The first kappa shape index (κ1) is 97.1. The zero-order chi connectivity index (χ0) is 81.3. The summed E-state index contributed by atoms with van der Waals surface area (Å²) in [6.45, 7) is -0.837. The van der Waals surface area contributed by atoms with Gasteiger partial charge in [0.1, 0.15) is 110 Å². The average molecular weight is 1590 g/mol. The number of ether oxygens (including phenoxy) is 10. The molecule has 2 amide bonds. The molecule has 5 heterocycles. The molecule has 36 nitrogen and oxygen atoms in total. The summed E-state index contributed by atoms with van der Waals surface area (Å²) < 4.78 is 59.0. The molecule has 5 saturated heterocycles. The second kappa shape index (κ2) is 50.2. The van der Waals surface area contributed by atoms with Gasteiger partial charge in [0, 0.05) is 26.2 Å². The van der Waals surface area contributed by atoms with Crippen molar-refractivity contribution in [2.75, 3.05) is 39.6 Å². The molecule has 5 aliphatic rings. The van der Waals surface area contributed by atoms with E-state index in [1.54, 1.807) is 0 Å². The number of allylic oxidation sites excluding steroid dienone is 1. The van der Waals surface area contributed by atoms with E-state index in [4.69, 9.17) is 58.8 Å². The van der Waals surface area contributed by atoms with Crippen molar-refractivity contribution in [3.05, 3.63) is 12.2 Å². The third kappa shape index (κ3) is 29.0. The van der Waals surface area contributed by atoms with Crippen LogP contribution in [0.25, 0.3) is 0 Å². The molecule has 642 valence electrons. The van der Waals surface area contributed by atoms with Gasteiger partial charge < -0.3 is 161 Å². The number of nitrogens with two attached hydrogens (primary N) is 2. The molecule has 0 aromatic heterocycles. The number of aliphatic hydroxyl groups excluding tert-OH is 16. The number of carboxylic acid groups (broad SMARTS) is 2. The van der Waals surface area contributed by atoms with Crippen LogP contribution in [-0.4, -0.2) is 332 Å². The fraction of sp³-hybridized carbons (Fsp3) is 0.919. The van der Waals surface area contributed by atoms with Crippen LogP contribution in [0.4, 0.5) is 0 Å². The van der Waals surface area contributed by atoms with Gasteiger partial charge in [0.05, 0.1) is 76.1 Å². The highest BCUT2D eigenvalue weighted by atomic mass is 16.8. The molecule has 0 aromatic carbocycles. The van der Waals surface area contributed by atoms with Gasteiger partial charge in [0.15, 0.2) is 18.9 Å². The lowest BCUT2D eigenvalue weighted by Gasteiger charge is -2.52. The van der Waals surface area contributed by atoms with Gasteiger partial charge in [0.2, 0.25) is 11.8 Å². The van der Waals surface area contributed by atoms with Crippen molar-refractivity contribution in [3.8, 4) is 0 Å². The van der Waals surface area contributed by atoms with Crippen LogP contribution in [0.15, 0.2) is 12.2 Å². The molecule has 24 N–H and O–H groups in total. The Labute approximate surface area is 644 Å². The Morgan fingerprint density at radius 1 is 0.509 bits per heavy atom. The summed E-state index contributed by atoms with van der Waals surface area (Å²) in [6, 6.07) is -6.44. The maximum atomic E-state index is 13.9. The van der Waals surface area contributed by atoms with Crippen molar-refractivity contribution < 1.29 is 158 Å². The Hall–Kier alpha value is -3.50. The lowest BCUT2D eigenvalue weighted by molar-refractivity contribution is -0.400. The number of amides is 2. The van der Waals surface area contributed by atoms with Crippen molar-refractivity contribution in [2.24, 2.45) is 11.5 Å². The molecule has 5 fully saturated rings. The monoisotopic (exact) mass is 1590 g/mol. The molecule has 0 aliphatic carbocycles. The quantitative estimate of drug-likeness (QED) is 0.0230. The number of aliphatic carboxylic acids is 2. The van der Waals surface area contributed by atoms with Gasteiger partial charge in [-0.15, -0.1) is 0 Å². The van der Waals surface area contributed by atoms with E-state index < -0.39 is 247 Å². The average Bonchev–Trinajstić information content (AvgIpc) is 0.753. The Balaban J connectivity index is 1.37. The van der Waals surface area contributed by atoms with Gasteiger partial charge in [-0.05, 0) is 19.3 Å². The highest BCUT2D eigenvalue weighted by Gasteiger charge is 2.62. The molecule has 110 heavy (non-hydrogen) atoms. The lowest BCUT2D eigenvalue weighted by Crippen LogP contribution is -2.71. The van der Waals surface area contributed by atoms with E-state index in [0.717, 1.165) is 64.7 Å². The predicted octanol–water partition coefficient (Wildman–Crippen LogP) is -2.05. The highest BCUT2D eigenvalue weighted by Crippen LogP contribution is 2.41. The number of hydrogen-bond donors (Lipinski definition) is 22. The number of carbonyl (C=O) groups excluding carboxylic acids is 2. The normalized spacial score (nSPS) is 34.6. The molecule has 0 radical (unpaired) electrons. The fourth-order valence-corrected chi connectivity index (χ4v) is 14.6. The Morgan fingerprint density at radius 3 is 1.45 bits per heavy atom. The van der Waals surface area contributed by atoms with E-state index in [1.807, 2.05) is 6.08 Å². The maximum absolute atomic E-state index is 13.9. The van der Waals surface area contributed by atoms with Gasteiger partial charge in [0.25, 0.3) is 11.6 Å². The largest absolute Gasteiger partial charge is 0.477 e. The van der Waals surface area contributed by atoms with Crippen molar-refractivity contribution in [1.82, 2.24) is 10.6 Å². The number of unbranched alkanes of at least 4 members (excludes halogenated alkanes) is 25. The topological polar surface area (TPSA) is 601 Å². The van der Waals surface area contributed by atoms with Gasteiger partial charge in [-0.1, -0.05) is 180 Å². The predicted molar refractivity (Wildman–Crippen MR) is 388 cm³/mol. The second-order valence-corrected chi connectivity index (χ2v) is 30.2.